The first kappa shape index (κ1) is 29.2. The van der Waals surface area contributed by atoms with Crippen molar-refractivity contribution in [2.45, 2.75) is 38.8 Å². The molecule has 1 atom stereocenters. The Kier molecular flexibility index (Phi) is 9.45. The van der Waals surface area contributed by atoms with Gasteiger partial charge < -0.3 is 20.1 Å². The molecule has 1 fully saturated rings. The first-order chi connectivity index (χ1) is 20.4. The predicted octanol–water partition coefficient (Wildman–Crippen LogP) is 4.94. The standard InChI is InChI=1S/C32H39N7O3/c1-23(2)37(19-20-41-3)17-8-12-28(40)38-18-7-9-25(21-38)39-32-29(31(33)34-22-35-32)30(36-39)24-13-15-27(16-14-24)42-26-10-5-4-6-11-26/h4-6,8,10-16,22-23,25H,7,9,17-21H2,1-3H3,(H2,33,34,35)/b12-8+. The normalized spacial score (nSPS) is 15.7. The van der Waals surface area contributed by atoms with Crippen LogP contribution in [0.3, 0.4) is 0 Å². The van der Waals surface area contributed by atoms with E-state index in [1.165, 1.54) is 6.33 Å². The Balaban J connectivity index is 1.34. The van der Waals surface area contributed by atoms with Crippen LogP contribution in [-0.2, 0) is 9.53 Å². The summed E-state index contributed by atoms with van der Waals surface area (Å²) in [6.45, 7) is 7.73. The van der Waals surface area contributed by atoms with Crippen molar-refractivity contribution in [2.75, 3.05) is 45.6 Å². The molecule has 1 amide bonds. The molecule has 10 nitrogen and oxygen atoms in total. The van der Waals surface area contributed by atoms with Gasteiger partial charge in [0.1, 0.15) is 29.3 Å². The Labute approximate surface area is 246 Å². The lowest BCUT2D eigenvalue weighted by Gasteiger charge is -2.32. The van der Waals surface area contributed by atoms with Crippen molar-refractivity contribution < 1.29 is 14.3 Å². The van der Waals surface area contributed by atoms with Crippen LogP contribution >= 0.6 is 0 Å². The summed E-state index contributed by atoms with van der Waals surface area (Å²) in [5.41, 5.74) is 8.63. The van der Waals surface area contributed by atoms with Crippen molar-refractivity contribution in [1.29, 1.82) is 0 Å². The number of carbonyl (C=O) groups is 1. The molecule has 1 saturated heterocycles. The number of fused-ring (bicyclic) bond motifs is 1. The largest absolute Gasteiger partial charge is 0.457 e. The van der Waals surface area contributed by atoms with Gasteiger partial charge in [0.25, 0.3) is 0 Å². The smallest absolute Gasteiger partial charge is 0.246 e. The van der Waals surface area contributed by atoms with Gasteiger partial charge in [-0.15, -0.1) is 0 Å². The van der Waals surface area contributed by atoms with E-state index in [2.05, 4.69) is 28.7 Å². The van der Waals surface area contributed by atoms with Crippen LogP contribution < -0.4 is 10.5 Å². The average molecular weight is 570 g/mol. The summed E-state index contributed by atoms with van der Waals surface area (Å²) >= 11 is 0. The summed E-state index contributed by atoms with van der Waals surface area (Å²) in [5.74, 6) is 1.88. The first-order valence-electron chi connectivity index (χ1n) is 14.4. The minimum absolute atomic E-state index is 0.00924. The number of nitrogens with two attached hydrogens (primary N) is 1. The number of piperidine rings is 1. The lowest BCUT2D eigenvalue weighted by Crippen LogP contribution is -2.40. The average Bonchev–Trinajstić information content (AvgIpc) is 3.40. The van der Waals surface area contributed by atoms with Crippen molar-refractivity contribution in [3.05, 3.63) is 73.1 Å². The molecule has 10 heteroatoms. The highest BCUT2D eigenvalue weighted by molar-refractivity contribution is 5.98. The maximum atomic E-state index is 13.2. The summed E-state index contributed by atoms with van der Waals surface area (Å²) in [6.07, 6.45) is 6.86. The van der Waals surface area contributed by atoms with Gasteiger partial charge in [0.15, 0.2) is 5.65 Å². The molecule has 5 rings (SSSR count). The van der Waals surface area contributed by atoms with Gasteiger partial charge in [-0.2, -0.15) is 5.10 Å². The summed E-state index contributed by atoms with van der Waals surface area (Å²) in [6, 6.07) is 17.7. The zero-order valence-corrected chi connectivity index (χ0v) is 24.5. The van der Waals surface area contributed by atoms with Crippen LogP contribution in [0.5, 0.6) is 11.5 Å². The molecule has 2 aromatic heterocycles. The van der Waals surface area contributed by atoms with Gasteiger partial charge in [0.2, 0.25) is 5.91 Å². The molecule has 4 aromatic rings. The number of amides is 1. The molecule has 42 heavy (non-hydrogen) atoms. The third kappa shape index (κ3) is 6.78. The molecule has 2 N–H and O–H groups in total. The third-order valence-corrected chi connectivity index (χ3v) is 7.59. The van der Waals surface area contributed by atoms with E-state index in [0.29, 0.717) is 54.8 Å². The van der Waals surface area contributed by atoms with Crippen LogP contribution in [0, 0.1) is 0 Å². The van der Waals surface area contributed by atoms with Crippen molar-refractivity contribution in [3.8, 4) is 22.8 Å². The molecule has 0 spiro atoms. The van der Waals surface area contributed by atoms with Crippen LogP contribution in [0.15, 0.2) is 73.1 Å². The van der Waals surface area contributed by atoms with Crippen LogP contribution in [0.1, 0.15) is 32.7 Å². The number of aromatic nitrogens is 4. The molecular weight excluding hydrogens is 530 g/mol. The van der Waals surface area contributed by atoms with Gasteiger partial charge in [-0.3, -0.25) is 9.69 Å². The van der Waals surface area contributed by atoms with Gasteiger partial charge in [0, 0.05) is 51.0 Å². The van der Waals surface area contributed by atoms with Crippen LogP contribution in [0.25, 0.3) is 22.3 Å². The number of anilines is 1. The van der Waals surface area contributed by atoms with E-state index in [-0.39, 0.29) is 11.9 Å². The zero-order valence-electron chi connectivity index (χ0n) is 24.5. The van der Waals surface area contributed by atoms with E-state index in [0.717, 1.165) is 36.4 Å². The molecule has 1 aliphatic heterocycles. The molecular formula is C32H39N7O3. The minimum Gasteiger partial charge on any atom is -0.457 e. The summed E-state index contributed by atoms with van der Waals surface area (Å²) in [5, 5.41) is 5.71. The van der Waals surface area contributed by atoms with Crippen molar-refractivity contribution in [2.24, 2.45) is 0 Å². The number of methoxy groups -OCH3 is 1. The van der Waals surface area contributed by atoms with Gasteiger partial charge in [-0.05, 0) is 63.1 Å². The van der Waals surface area contributed by atoms with Crippen molar-refractivity contribution in [3.63, 3.8) is 0 Å². The highest BCUT2D eigenvalue weighted by Gasteiger charge is 2.28. The first-order valence-corrected chi connectivity index (χ1v) is 14.4. The topological polar surface area (TPSA) is 112 Å². The van der Waals surface area contributed by atoms with Gasteiger partial charge >= 0.3 is 0 Å². The molecule has 0 radical (unpaired) electrons. The number of para-hydroxylation sites is 1. The number of hydrogen-bond acceptors (Lipinski definition) is 8. The van der Waals surface area contributed by atoms with Crippen LogP contribution in [0.2, 0.25) is 0 Å². The Bertz CT molecular complexity index is 1500. The lowest BCUT2D eigenvalue weighted by molar-refractivity contribution is -0.127. The zero-order chi connectivity index (χ0) is 29.5. The van der Waals surface area contributed by atoms with Gasteiger partial charge in [-0.1, -0.05) is 24.3 Å². The van der Waals surface area contributed by atoms with Gasteiger partial charge in [-0.25, -0.2) is 14.6 Å². The lowest BCUT2D eigenvalue weighted by atomic mass is 10.1. The molecule has 0 aliphatic carbocycles. The molecule has 2 aromatic carbocycles. The van der Waals surface area contributed by atoms with E-state index in [9.17, 15) is 4.79 Å². The quantitative estimate of drug-likeness (QED) is 0.253. The fourth-order valence-electron chi connectivity index (χ4n) is 5.28. The molecule has 0 bridgehead atoms. The molecule has 1 unspecified atom stereocenters. The number of ether oxygens (including phenoxy) is 2. The molecule has 1 aliphatic rings. The molecule has 220 valence electrons. The number of likely N-dealkylation sites (tertiary alicyclic amines) is 1. The predicted molar refractivity (Wildman–Crippen MR) is 164 cm³/mol. The number of hydrogen-bond donors (Lipinski definition) is 1. The van der Waals surface area contributed by atoms with E-state index in [1.807, 2.05) is 70.3 Å². The van der Waals surface area contributed by atoms with E-state index in [4.69, 9.17) is 20.3 Å². The highest BCUT2D eigenvalue weighted by atomic mass is 16.5. The fourth-order valence-corrected chi connectivity index (χ4v) is 5.28. The third-order valence-electron chi connectivity index (χ3n) is 7.59. The van der Waals surface area contributed by atoms with Crippen LogP contribution in [-0.4, -0.2) is 81.4 Å². The van der Waals surface area contributed by atoms with Gasteiger partial charge in [0.05, 0.1) is 18.0 Å². The highest BCUT2D eigenvalue weighted by Crippen LogP contribution is 2.35. The molecule has 3 heterocycles. The van der Waals surface area contributed by atoms with Crippen molar-refractivity contribution >= 4 is 22.8 Å². The number of nitrogens with zero attached hydrogens (tertiary/aromatic N) is 6. The number of carbonyl (C=O) groups excluding carboxylic acids is 1. The maximum absolute atomic E-state index is 13.2. The second-order valence-electron chi connectivity index (χ2n) is 10.8. The monoisotopic (exact) mass is 569 g/mol. The van der Waals surface area contributed by atoms with Crippen LogP contribution in [0.4, 0.5) is 5.82 Å². The second-order valence-corrected chi connectivity index (χ2v) is 10.8. The van der Waals surface area contributed by atoms with E-state index >= 15 is 0 Å². The van der Waals surface area contributed by atoms with E-state index in [1.54, 1.807) is 13.2 Å². The number of nitrogen functional groups attached to an aromatic ring is 1. The summed E-state index contributed by atoms with van der Waals surface area (Å²) in [4.78, 5) is 26.1. The summed E-state index contributed by atoms with van der Waals surface area (Å²) < 4.78 is 13.1. The number of rotatable bonds is 11. The SMILES string of the molecule is COCCN(C/C=C/C(=O)N1CCCC(n2nc(-c3ccc(Oc4ccccc4)cc3)c3c(N)ncnc32)C1)C(C)C. The Hall–Kier alpha value is -4.28. The Morgan fingerprint density at radius 2 is 1.88 bits per heavy atom. The summed E-state index contributed by atoms with van der Waals surface area (Å²) in [7, 11) is 1.70. The Morgan fingerprint density at radius 1 is 1.12 bits per heavy atom. The molecule has 0 saturated carbocycles. The Morgan fingerprint density at radius 3 is 2.62 bits per heavy atom. The second kappa shape index (κ2) is 13.6. The van der Waals surface area contributed by atoms with E-state index < -0.39 is 0 Å². The minimum atomic E-state index is -0.0313. The maximum Gasteiger partial charge on any atom is 0.246 e. The fraction of sp³-hybridized carbons (Fsp3) is 0.375. The number of benzene rings is 2. The van der Waals surface area contributed by atoms with Crippen molar-refractivity contribution in [1.82, 2.24) is 29.5 Å².